The minimum absolute atomic E-state index is 0.0717. The number of amides is 1. The van der Waals surface area contributed by atoms with Crippen LogP contribution < -0.4 is 10.5 Å². The van der Waals surface area contributed by atoms with Crippen LogP contribution in [0.4, 0.5) is 0 Å². The summed E-state index contributed by atoms with van der Waals surface area (Å²) in [5.74, 6) is 0.255. The predicted molar refractivity (Wildman–Crippen MR) is 87.7 cm³/mol. The SMILES string of the molecule is CN(C)C1CCCN(Cc2cccc(OCC(N)=O)c2)CC1. The molecule has 0 spiro atoms. The van der Waals surface area contributed by atoms with E-state index in [-0.39, 0.29) is 6.61 Å². The molecule has 5 nitrogen and oxygen atoms in total. The highest BCUT2D eigenvalue weighted by molar-refractivity contribution is 5.75. The summed E-state index contributed by atoms with van der Waals surface area (Å²) in [4.78, 5) is 15.6. The van der Waals surface area contributed by atoms with Crippen LogP contribution in [0.25, 0.3) is 0 Å². The molecule has 0 radical (unpaired) electrons. The summed E-state index contributed by atoms with van der Waals surface area (Å²) in [7, 11) is 4.33. The third-order valence-corrected chi connectivity index (χ3v) is 4.21. The van der Waals surface area contributed by atoms with E-state index in [0.717, 1.165) is 19.6 Å². The van der Waals surface area contributed by atoms with Crippen molar-refractivity contribution in [2.24, 2.45) is 5.73 Å². The van der Waals surface area contributed by atoms with Crippen LogP contribution in [0, 0.1) is 0 Å². The van der Waals surface area contributed by atoms with E-state index < -0.39 is 5.91 Å². The summed E-state index contributed by atoms with van der Waals surface area (Å²) in [5.41, 5.74) is 6.32. The average Bonchev–Trinajstić information content (AvgIpc) is 2.71. The first-order valence-corrected chi connectivity index (χ1v) is 7.93. The van der Waals surface area contributed by atoms with Gasteiger partial charge in [0.05, 0.1) is 0 Å². The number of carbonyl (C=O) groups excluding carboxylic acids is 1. The largest absolute Gasteiger partial charge is 0.484 e. The third-order valence-electron chi connectivity index (χ3n) is 4.21. The Kier molecular flexibility index (Phi) is 6.21. The maximum atomic E-state index is 10.8. The van der Waals surface area contributed by atoms with Crippen molar-refractivity contribution in [3.8, 4) is 5.75 Å². The van der Waals surface area contributed by atoms with Gasteiger partial charge in [-0.25, -0.2) is 0 Å². The molecule has 1 amide bonds. The van der Waals surface area contributed by atoms with Gasteiger partial charge in [0, 0.05) is 12.6 Å². The van der Waals surface area contributed by atoms with Gasteiger partial charge in [-0.1, -0.05) is 12.1 Å². The normalized spacial score (nSPS) is 19.9. The van der Waals surface area contributed by atoms with Crippen molar-refractivity contribution in [3.63, 3.8) is 0 Å². The Bertz CT molecular complexity index is 491. The fourth-order valence-corrected chi connectivity index (χ4v) is 2.96. The average molecular weight is 305 g/mol. The molecule has 1 aromatic carbocycles. The molecule has 1 fully saturated rings. The molecule has 1 unspecified atom stereocenters. The van der Waals surface area contributed by atoms with Crippen LogP contribution in [0.5, 0.6) is 5.75 Å². The summed E-state index contributed by atoms with van der Waals surface area (Å²) in [6.07, 6.45) is 3.72. The predicted octanol–water partition coefficient (Wildman–Crippen LogP) is 1.47. The van der Waals surface area contributed by atoms with Crippen molar-refractivity contribution in [3.05, 3.63) is 29.8 Å². The number of primary amides is 1. The fourth-order valence-electron chi connectivity index (χ4n) is 2.96. The van der Waals surface area contributed by atoms with Gasteiger partial charge in [0.15, 0.2) is 6.61 Å². The van der Waals surface area contributed by atoms with Crippen LogP contribution in [-0.4, -0.2) is 55.5 Å². The number of rotatable bonds is 6. The first-order chi connectivity index (χ1) is 10.5. The Morgan fingerprint density at radius 1 is 1.36 bits per heavy atom. The molecule has 1 aromatic rings. The summed E-state index contributed by atoms with van der Waals surface area (Å²) in [5, 5.41) is 0. The maximum absolute atomic E-state index is 10.8. The zero-order valence-corrected chi connectivity index (χ0v) is 13.6. The van der Waals surface area contributed by atoms with E-state index in [1.54, 1.807) is 0 Å². The number of carbonyl (C=O) groups is 1. The molecule has 0 aromatic heterocycles. The second-order valence-corrected chi connectivity index (χ2v) is 6.23. The van der Waals surface area contributed by atoms with Crippen LogP contribution in [0.2, 0.25) is 0 Å². The van der Waals surface area contributed by atoms with Crippen LogP contribution in [-0.2, 0) is 11.3 Å². The van der Waals surface area contributed by atoms with Gasteiger partial charge in [-0.3, -0.25) is 9.69 Å². The van der Waals surface area contributed by atoms with E-state index in [9.17, 15) is 4.79 Å². The summed E-state index contributed by atoms with van der Waals surface area (Å²) in [6.45, 7) is 3.11. The van der Waals surface area contributed by atoms with Gasteiger partial charge in [-0.15, -0.1) is 0 Å². The summed E-state index contributed by atoms with van der Waals surface area (Å²) in [6, 6.07) is 8.61. The van der Waals surface area contributed by atoms with Crippen molar-refractivity contribution < 1.29 is 9.53 Å². The Balaban J connectivity index is 1.90. The van der Waals surface area contributed by atoms with E-state index >= 15 is 0 Å². The Morgan fingerprint density at radius 2 is 2.18 bits per heavy atom. The number of nitrogens with zero attached hydrogens (tertiary/aromatic N) is 2. The number of nitrogens with two attached hydrogens (primary N) is 1. The van der Waals surface area contributed by atoms with E-state index in [4.69, 9.17) is 10.5 Å². The van der Waals surface area contributed by atoms with Crippen molar-refractivity contribution in [2.75, 3.05) is 33.8 Å². The number of ether oxygens (including phenoxy) is 1. The van der Waals surface area contributed by atoms with Crippen LogP contribution in [0.15, 0.2) is 24.3 Å². The smallest absolute Gasteiger partial charge is 0.255 e. The molecular formula is C17H27N3O2. The first kappa shape index (κ1) is 16.8. The first-order valence-electron chi connectivity index (χ1n) is 7.93. The molecule has 5 heteroatoms. The molecule has 1 heterocycles. The lowest BCUT2D eigenvalue weighted by Crippen LogP contribution is -2.29. The number of hydrogen-bond acceptors (Lipinski definition) is 4. The number of hydrogen-bond donors (Lipinski definition) is 1. The van der Waals surface area contributed by atoms with E-state index in [1.807, 2.05) is 18.2 Å². The van der Waals surface area contributed by atoms with E-state index in [1.165, 1.54) is 24.8 Å². The highest BCUT2D eigenvalue weighted by Gasteiger charge is 2.18. The molecule has 22 heavy (non-hydrogen) atoms. The fraction of sp³-hybridized carbons (Fsp3) is 0.588. The molecule has 1 aliphatic heterocycles. The molecule has 0 bridgehead atoms. The van der Waals surface area contributed by atoms with Gasteiger partial charge in [0.25, 0.3) is 5.91 Å². The second-order valence-electron chi connectivity index (χ2n) is 6.23. The molecule has 2 rings (SSSR count). The van der Waals surface area contributed by atoms with Crippen LogP contribution >= 0.6 is 0 Å². The Labute approximate surface area is 133 Å². The zero-order chi connectivity index (χ0) is 15.9. The molecule has 1 atom stereocenters. The van der Waals surface area contributed by atoms with Crippen molar-refractivity contribution in [2.45, 2.75) is 31.8 Å². The standard InChI is InChI=1S/C17H27N3O2/c1-19(2)15-6-4-9-20(10-8-15)12-14-5-3-7-16(11-14)22-13-17(18)21/h3,5,7,11,15H,4,6,8-10,12-13H2,1-2H3,(H2,18,21). The minimum Gasteiger partial charge on any atom is -0.484 e. The zero-order valence-electron chi connectivity index (χ0n) is 13.6. The summed E-state index contributed by atoms with van der Waals surface area (Å²) >= 11 is 0. The molecule has 2 N–H and O–H groups in total. The van der Waals surface area contributed by atoms with E-state index in [2.05, 4.69) is 30.0 Å². The van der Waals surface area contributed by atoms with Gasteiger partial charge < -0.3 is 15.4 Å². The molecule has 1 saturated heterocycles. The van der Waals surface area contributed by atoms with Gasteiger partial charge in [0.1, 0.15) is 5.75 Å². The van der Waals surface area contributed by atoms with Crippen molar-refractivity contribution >= 4 is 5.91 Å². The highest BCUT2D eigenvalue weighted by Crippen LogP contribution is 2.19. The minimum atomic E-state index is -0.451. The lowest BCUT2D eigenvalue weighted by Gasteiger charge is -2.23. The number of likely N-dealkylation sites (tertiary alicyclic amines) is 1. The molecule has 0 aliphatic carbocycles. The molecule has 0 saturated carbocycles. The van der Waals surface area contributed by atoms with Gasteiger partial charge >= 0.3 is 0 Å². The third kappa shape index (κ3) is 5.31. The Hall–Kier alpha value is -1.59. The van der Waals surface area contributed by atoms with Crippen LogP contribution in [0.1, 0.15) is 24.8 Å². The lowest BCUT2D eigenvalue weighted by molar-refractivity contribution is -0.119. The van der Waals surface area contributed by atoms with Crippen molar-refractivity contribution in [1.29, 1.82) is 0 Å². The quantitative estimate of drug-likeness (QED) is 0.864. The van der Waals surface area contributed by atoms with Gasteiger partial charge in [-0.05, 0) is 64.1 Å². The summed E-state index contributed by atoms with van der Waals surface area (Å²) < 4.78 is 5.37. The Morgan fingerprint density at radius 3 is 2.91 bits per heavy atom. The lowest BCUT2D eigenvalue weighted by atomic mass is 10.1. The number of benzene rings is 1. The second kappa shape index (κ2) is 8.15. The topological polar surface area (TPSA) is 58.8 Å². The molecular weight excluding hydrogens is 278 g/mol. The van der Waals surface area contributed by atoms with Gasteiger partial charge in [0.2, 0.25) is 0 Å². The van der Waals surface area contributed by atoms with Gasteiger partial charge in [-0.2, -0.15) is 0 Å². The van der Waals surface area contributed by atoms with Crippen LogP contribution in [0.3, 0.4) is 0 Å². The van der Waals surface area contributed by atoms with E-state index in [0.29, 0.717) is 11.8 Å². The molecule has 1 aliphatic rings. The maximum Gasteiger partial charge on any atom is 0.255 e. The highest BCUT2D eigenvalue weighted by atomic mass is 16.5. The molecule has 122 valence electrons. The monoisotopic (exact) mass is 305 g/mol. The van der Waals surface area contributed by atoms with Crippen molar-refractivity contribution in [1.82, 2.24) is 9.80 Å².